The Balaban J connectivity index is 3.69. The average molecular weight is 344 g/mol. The molecule has 142 valence electrons. The Kier molecular flexibility index (Phi) is 15.7. The molecule has 1 unspecified atom stereocenters. The lowest BCUT2D eigenvalue weighted by Gasteiger charge is -2.15. The lowest BCUT2D eigenvalue weighted by atomic mass is 10.1. The van der Waals surface area contributed by atoms with Gasteiger partial charge in [0, 0.05) is 0 Å². The smallest absolute Gasteiger partial charge is 0.405 e. The van der Waals surface area contributed by atoms with Gasteiger partial charge in [0.15, 0.2) is 0 Å². The molecule has 24 heavy (non-hydrogen) atoms. The summed E-state index contributed by atoms with van der Waals surface area (Å²) in [5.41, 5.74) is 0. The number of esters is 1. The van der Waals surface area contributed by atoms with Crippen LogP contribution in [0.25, 0.3) is 0 Å². The summed E-state index contributed by atoms with van der Waals surface area (Å²) in [5.74, 6) is -0.437. The molecular formula is C19H37NO4. The van der Waals surface area contributed by atoms with E-state index < -0.39 is 18.1 Å². The van der Waals surface area contributed by atoms with E-state index in [1.807, 2.05) is 0 Å². The van der Waals surface area contributed by atoms with Crippen molar-refractivity contribution in [2.75, 3.05) is 6.61 Å². The fourth-order valence-corrected chi connectivity index (χ4v) is 2.68. The summed E-state index contributed by atoms with van der Waals surface area (Å²) in [6, 6.07) is -0.729. The molecule has 1 atom stereocenters. The summed E-state index contributed by atoms with van der Waals surface area (Å²) in [5, 5.41) is 11.1. The first-order valence-corrected chi connectivity index (χ1v) is 9.77. The largest absolute Gasteiger partial charge is 0.465 e. The van der Waals surface area contributed by atoms with Crippen LogP contribution >= 0.6 is 0 Å². The molecule has 5 nitrogen and oxygen atoms in total. The number of hydrogen-bond acceptors (Lipinski definition) is 3. The Morgan fingerprint density at radius 2 is 1.33 bits per heavy atom. The van der Waals surface area contributed by atoms with E-state index in [2.05, 4.69) is 19.2 Å². The third kappa shape index (κ3) is 14.3. The number of hydrogen-bond donors (Lipinski definition) is 2. The van der Waals surface area contributed by atoms with Gasteiger partial charge in [0.1, 0.15) is 6.04 Å². The van der Waals surface area contributed by atoms with Crippen molar-refractivity contribution in [3.63, 3.8) is 0 Å². The van der Waals surface area contributed by atoms with Crippen molar-refractivity contribution in [1.82, 2.24) is 5.32 Å². The molecule has 0 bridgehead atoms. The molecule has 0 aliphatic rings. The summed E-state index contributed by atoms with van der Waals surface area (Å²) >= 11 is 0. The third-order valence-corrected chi connectivity index (χ3v) is 4.17. The van der Waals surface area contributed by atoms with Gasteiger partial charge in [-0.3, -0.25) is 0 Å². The number of ether oxygens (including phenoxy) is 1. The topological polar surface area (TPSA) is 75.6 Å². The van der Waals surface area contributed by atoms with Crippen molar-refractivity contribution in [2.24, 2.45) is 0 Å². The summed E-state index contributed by atoms with van der Waals surface area (Å²) in [4.78, 5) is 22.7. The number of nitrogens with one attached hydrogen (secondary N) is 1. The summed E-state index contributed by atoms with van der Waals surface area (Å²) in [6.07, 6.45) is 13.1. The van der Waals surface area contributed by atoms with Gasteiger partial charge >= 0.3 is 12.1 Å². The predicted octanol–water partition coefficient (Wildman–Crippen LogP) is 5.28. The first-order valence-electron chi connectivity index (χ1n) is 9.77. The second-order valence-electron chi connectivity index (χ2n) is 6.49. The molecule has 1 amide bonds. The number of amides is 1. The molecular weight excluding hydrogens is 306 g/mol. The quantitative estimate of drug-likeness (QED) is 0.295. The van der Waals surface area contributed by atoms with Gasteiger partial charge in [0.2, 0.25) is 0 Å². The highest BCUT2D eigenvalue weighted by atomic mass is 16.5. The molecule has 0 saturated heterocycles. The Morgan fingerprint density at radius 1 is 0.833 bits per heavy atom. The molecule has 0 saturated carbocycles. The third-order valence-electron chi connectivity index (χ3n) is 4.17. The van der Waals surface area contributed by atoms with E-state index in [0.717, 1.165) is 32.1 Å². The Hall–Kier alpha value is -1.26. The SMILES string of the molecule is CCCCCCCCCCCOC(=O)C(CCCCC)NC(=O)O. The van der Waals surface area contributed by atoms with E-state index in [1.54, 1.807) is 0 Å². The second kappa shape index (κ2) is 16.6. The fourth-order valence-electron chi connectivity index (χ4n) is 2.68. The molecule has 5 heteroatoms. The van der Waals surface area contributed by atoms with Crippen LogP contribution in [-0.2, 0) is 9.53 Å². The van der Waals surface area contributed by atoms with Crippen LogP contribution in [0.3, 0.4) is 0 Å². The maximum atomic E-state index is 12.0. The van der Waals surface area contributed by atoms with Crippen LogP contribution in [0.5, 0.6) is 0 Å². The Morgan fingerprint density at radius 3 is 1.88 bits per heavy atom. The first-order chi connectivity index (χ1) is 11.6. The van der Waals surface area contributed by atoms with Crippen molar-refractivity contribution in [1.29, 1.82) is 0 Å². The van der Waals surface area contributed by atoms with E-state index in [1.165, 1.54) is 44.9 Å². The van der Waals surface area contributed by atoms with Gasteiger partial charge in [0.05, 0.1) is 6.61 Å². The van der Waals surface area contributed by atoms with Crippen LogP contribution in [-0.4, -0.2) is 29.8 Å². The van der Waals surface area contributed by atoms with Crippen LogP contribution in [0, 0.1) is 0 Å². The molecule has 0 fully saturated rings. The van der Waals surface area contributed by atoms with E-state index >= 15 is 0 Å². The van der Waals surface area contributed by atoms with Gasteiger partial charge < -0.3 is 15.2 Å². The number of carbonyl (C=O) groups excluding carboxylic acids is 1. The van der Waals surface area contributed by atoms with Crippen LogP contribution in [0.4, 0.5) is 4.79 Å². The Bertz CT molecular complexity index is 320. The van der Waals surface area contributed by atoms with Crippen LogP contribution in [0.15, 0.2) is 0 Å². The summed E-state index contributed by atoms with van der Waals surface area (Å²) in [7, 11) is 0. The van der Waals surface area contributed by atoms with Gasteiger partial charge in [-0.15, -0.1) is 0 Å². The number of carbonyl (C=O) groups is 2. The van der Waals surface area contributed by atoms with E-state index in [4.69, 9.17) is 9.84 Å². The zero-order valence-corrected chi connectivity index (χ0v) is 15.6. The predicted molar refractivity (Wildman–Crippen MR) is 97.3 cm³/mol. The normalized spacial score (nSPS) is 11.9. The van der Waals surface area contributed by atoms with Crippen molar-refractivity contribution in [2.45, 2.75) is 103 Å². The molecule has 0 aromatic rings. The lowest BCUT2D eigenvalue weighted by molar-refractivity contribution is -0.146. The standard InChI is InChI=1S/C19H37NO4/c1-3-5-7-8-9-10-11-12-14-16-24-18(21)17(20-19(22)23)15-13-6-4-2/h17,20H,3-16H2,1-2H3,(H,22,23). The highest BCUT2D eigenvalue weighted by Gasteiger charge is 2.21. The molecule has 0 heterocycles. The maximum Gasteiger partial charge on any atom is 0.405 e. The van der Waals surface area contributed by atoms with Crippen LogP contribution in [0.2, 0.25) is 0 Å². The molecule has 0 rings (SSSR count). The molecule has 0 aliphatic carbocycles. The molecule has 0 aromatic heterocycles. The minimum atomic E-state index is -1.17. The molecule has 2 N–H and O–H groups in total. The minimum Gasteiger partial charge on any atom is -0.465 e. The van der Waals surface area contributed by atoms with Gasteiger partial charge in [-0.1, -0.05) is 84.5 Å². The second-order valence-corrected chi connectivity index (χ2v) is 6.49. The highest BCUT2D eigenvalue weighted by molar-refractivity contribution is 5.80. The van der Waals surface area contributed by atoms with Crippen LogP contribution < -0.4 is 5.32 Å². The number of carboxylic acid groups (broad SMARTS) is 1. The first kappa shape index (κ1) is 22.7. The molecule has 0 spiro atoms. The molecule has 0 aliphatic heterocycles. The summed E-state index contributed by atoms with van der Waals surface area (Å²) in [6.45, 7) is 4.68. The Labute approximate surface area is 147 Å². The minimum absolute atomic E-state index is 0.389. The van der Waals surface area contributed by atoms with Gasteiger partial charge in [-0.2, -0.15) is 0 Å². The molecule has 0 radical (unpaired) electrons. The number of unbranched alkanes of at least 4 members (excludes halogenated alkanes) is 10. The average Bonchev–Trinajstić information content (AvgIpc) is 2.55. The summed E-state index contributed by atoms with van der Waals surface area (Å²) < 4.78 is 5.23. The monoisotopic (exact) mass is 343 g/mol. The van der Waals surface area contributed by atoms with Crippen molar-refractivity contribution >= 4 is 12.1 Å². The van der Waals surface area contributed by atoms with Gasteiger partial charge in [0.25, 0.3) is 0 Å². The van der Waals surface area contributed by atoms with Crippen molar-refractivity contribution in [3.8, 4) is 0 Å². The van der Waals surface area contributed by atoms with Crippen LogP contribution in [0.1, 0.15) is 97.3 Å². The van der Waals surface area contributed by atoms with Crippen molar-refractivity contribution in [3.05, 3.63) is 0 Å². The van der Waals surface area contributed by atoms with Gasteiger partial charge in [-0.25, -0.2) is 9.59 Å². The fraction of sp³-hybridized carbons (Fsp3) is 0.895. The zero-order valence-electron chi connectivity index (χ0n) is 15.6. The zero-order chi connectivity index (χ0) is 18.0. The number of rotatable bonds is 16. The highest BCUT2D eigenvalue weighted by Crippen LogP contribution is 2.10. The molecule has 0 aromatic carbocycles. The van der Waals surface area contributed by atoms with E-state index in [9.17, 15) is 9.59 Å². The van der Waals surface area contributed by atoms with Crippen molar-refractivity contribution < 1.29 is 19.4 Å². The van der Waals surface area contributed by atoms with E-state index in [-0.39, 0.29) is 0 Å². The lowest BCUT2D eigenvalue weighted by Crippen LogP contribution is -2.41. The maximum absolute atomic E-state index is 12.0. The van der Waals surface area contributed by atoms with E-state index in [0.29, 0.717) is 13.0 Å². The van der Waals surface area contributed by atoms with Gasteiger partial charge in [-0.05, 0) is 12.8 Å².